The lowest BCUT2D eigenvalue weighted by molar-refractivity contribution is -0.255. The van der Waals surface area contributed by atoms with E-state index in [1.807, 2.05) is 0 Å². The number of carbonyl (C=O) groups is 1. The van der Waals surface area contributed by atoms with Gasteiger partial charge in [-0.05, 0) is 11.1 Å². The third-order valence-electron chi connectivity index (χ3n) is 1.69. The SMILES string of the molecule is O=C([O-])c1ccc(COCCO)cc1. The van der Waals surface area contributed by atoms with Gasteiger partial charge in [-0.3, -0.25) is 0 Å². The highest BCUT2D eigenvalue weighted by Crippen LogP contribution is 2.04. The summed E-state index contributed by atoms with van der Waals surface area (Å²) in [5, 5.41) is 18.8. The van der Waals surface area contributed by atoms with Crippen LogP contribution in [0.4, 0.5) is 0 Å². The van der Waals surface area contributed by atoms with Crippen LogP contribution < -0.4 is 5.11 Å². The van der Waals surface area contributed by atoms with Crippen LogP contribution in [0.1, 0.15) is 15.9 Å². The summed E-state index contributed by atoms with van der Waals surface area (Å²) < 4.78 is 5.06. The van der Waals surface area contributed by atoms with Gasteiger partial charge in [-0.2, -0.15) is 0 Å². The molecule has 0 aromatic heterocycles. The van der Waals surface area contributed by atoms with Crippen LogP contribution in [0, 0.1) is 0 Å². The molecule has 0 saturated carbocycles. The van der Waals surface area contributed by atoms with Gasteiger partial charge in [0.1, 0.15) is 0 Å². The van der Waals surface area contributed by atoms with Gasteiger partial charge in [0.2, 0.25) is 0 Å². The van der Waals surface area contributed by atoms with Crippen LogP contribution in [0.5, 0.6) is 0 Å². The number of hydrogen-bond acceptors (Lipinski definition) is 4. The van der Waals surface area contributed by atoms with E-state index in [4.69, 9.17) is 9.84 Å². The van der Waals surface area contributed by atoms with E-state index in [9.17, 15) is 9.90 Å². The predicted octanol–water partition coefficient (Wildman–Crippen LogP) is -0.441. The van der Waals surface area contributed by atoms with Crippen LogP contribution in [-0.4, -0.2) is 24.3 Å². The molecule has 1 N–H and O–H groups in total. The third-order valence-corrected chi connectivity index (χ3v) is 1.69. The first-order valence-electron chi connectivity index (χ1n) is 4.23. The lowest BCUT2D eigenvalue weighted by atomic mass is 10.1. The maximum Gasteiger partial charge on any atom is 0.0718 e. The Morgan fingerprint density at radius 2 is 2.00 bits per heavy atom. The number of ether oxygens (including phenoxy) is 1. The average Bonchev–Trinajstić information content (AvgIpc) is 2.19. The zero-order chi connectivity index (χ0) is 10.4. The number of hydrogen-bond donors (Lipinski definition) is 1. The molecule has 0 bridgehead atoms. The van der Waals surface area contributed by atoms with Crippen molar-refractivity contribution < 1.29 is 19.7 Å². The highest BCUT2D eigenvalue weighted by atomic mass is 16.5. The van der Waals surface area contributed by atoms with Gasteiger partial charge in [-0.1, -0.05) is 24.3 Å². The van der Waals surface area contributed by atoms with Gasteiger partial charge in [0.25, 0.3) is 0 Å². The van der Waals surface area contributed by atoms with Crippen molar-refractivity contribution in [3.8, 4) is 0 Å². The standard InChI is InChI=1S/C10H12O4/c11-5-6-14-7-8-1-3-9(4-2-8)10(12)13/h1-4,11H,5-7H2,(H,12,13)/p-1. The molecule has 0 aliphatic heterocycles. The monoisotopic (exact) mass is 195 g/mol. The molecular formula is C10H11O4-. The van der Waals surface area contributed by atoms with Crippen LogP contribution in [0.15, 0.2) is 24.3 Å². The Kier molecular flexibility index (Phi) is 4.10. The van der Waals surface area contributed by atoms with Crippen molar-refractivity contribution in [2.45, 2.75) is 6.61 Å². The van der Waals surface area contributed by atoms with E-state index in [-0.39, 0.29) is 18.8 Å². The largest absolute Gasteiger partial charge is 0.545 e. The van der Waals surface area contributed by atoms with Gasteiger partial charge in [-0.25, -0.2) is 0 Å². The minimum absolute atomic E-state index is 0.0167. The molecule has 0 aliphatic carbocycles. The normalized spacial score (nSPS) is 10.1. The summed E-state index contributed by atoms with van der Waals surface area (Å²) in [6.45, 7) is 0.632. The fraction of sp³-hybridized carbons (Fsp3) is 0.300. The Morgan fingerprint density at radius 3 is 2.50 bits per heavy atom. The number of carboxylic acids is 1. The predicted molar refractivity (Wildman–Crippen MR) is 47.5 cm³/mol. The topological polar surface area (TPSA) is 69.6 Å². The zero-order valence-electron chi connectivity index (χ0n) is 7.60. The van der Waals surface area contributed by atoms with Crippen molar-refractivity contribution in [3.63, 3.8) is 0 Å². The number of carbonyl (C=O) groups excluding carboxylic acids is 1. The molecule has 0 fully saturated rings. The smallest absolute Gasteiger partial charge is 0.0718 e. The molecule has 1 rings (SSSR count). The number of aliphatic hydroxyl groups excluding tert-OH is 1. The van der Waals surface area contributed by atoms with Gasteiger partial charge < -0.3 is 19.7 Å². The molecule has 0 heterocycles. The van der Waals surface area contributed by atoms with Gasteiger partial charge in [0.05, 0.1) is 25.8 Å². The van der Waals surface area contributed by atoms with E-state index >= 15 is 0 Å². The molecule has 0 spiro atoms. The fourth-order valence-corrected chi connectivity index (χ4v) is 0.992. The zero-order valence-corrected chi connectivity index (χ0v) is 7.60. The first-order valence-corrected chi connectivity index (χ1v) is 4.23. The summed E-state index contributed by atoms with van der Waals surface area (Å²) in [4.78, 5) is 10.4. The summed E-state index contributed by atoms with van der Waals surface area (Å²) in [7, 11) is 0. The second kappa shape index (κ2) is 5.36. The second-order valence-electron chi connectivity index (χ2n) is 2.76. The minimum Gasteiger partial charge on any atom is -0.545 e. The van der Waals surface area contributed by atoms with E-state index < -0.39 is 5.97 Å². The van der Waals surface area contributed by atoms with Crippen molar-refractivity contribution in [2.24, 2.45) is 0 Å². The maximum absolute atomic E-state index is 10.4. The molecular weight excluding hydrogens is 184 g/mol. The van der Waals surface area contributed by atoms with Crippen LogP contribution in [0.2, 0.25) is 0 Å². The molecule has 14 heavy (non-hydrogen) atoms. The van der Waals surface area contributed by atoms with Crippen LogP contribution >= 0.6 is 0 Å². The van der Waals surface area contributed by atoms with Crippen molar-refractivity contribution >= 4 is 5.97 Å². The number of rotatable bonds is 5. The Hall–Kier alpha value is -1.39. The Morgan fingerprint density at radius 1 is 1.36 bits per heavy atom. The molecule has 0 aliphatic rings. The quantitative estimate of drug-likeness (QED) is 0.646. The molecule has 0 unspecified atom stereocenters. The average molecular weight is 195 g/mol. The third kappa shape index (κ3) is 3.16. The molecule has 0 atom stereocenters. The van der Waals surface area contributed by atoms with E-state index in [0.29, 0.717) is 6.61 Å². The van der Waals surface area contributed by atoms with Gasteiger partial charge in [-0.15, -0.1) is 0 Å². The molecule has 4 nitrogen and oxygen atoms in total. The number of benzene rings is 1. The van der Waals surface area contributed by atoms with Gasteiger partial charge in [0.15, 0.2) is 0 Å². The minimum atomic E-state index is -1.19. The molecule has 76 valence electrons. The Balaban J connectivity index is 2.51. The fourth-order valence-electron chi connectivity index (χ4n) is 0.992. The number of carboxylic acid groups (broad SMARTS) is 1. The summed E-state index contributed by atoms with van der Waals surface area (Å²) in [6, 6.07) is 6.24. The van der Waals surface area contributed by atoms with E-state index in [1.54, 1.807) is 12.1 Å². The first-order chi connectivity index (χ1) is 6.74. The van der Waals surface area contributed by atoms with Crippen molar-refractivity contribution in [3.05, 3.63) is 35.4 Å². The lowest BCUT2D eigenvalue weighted by Crippen LogP contribution is -2.22. The first kappa shape index (κ1) is 10.7. The molecule has 1 aromatic rings. The van der Waals surface area contributed by atoms with Crippen LogP contribution in [0.3, 0.4) is 0 Å². The number of aromatic carboxylic acids is 1. The molecule has 4 heteroatoms. The summed E-state index contributed by atoms with van der Waals surface area (Å²) in [5.74, 6) is -1.19. The maximum atomic E-state index is 10.4. The molecule has 1 aromatic carbocycles. The summed E-state index contributed by atoms with van der Waals surface area (Å²) in [6.07, 6.45) is 0. The van der Waals surface area contributed by atoms with Gasteiger partial charge >= 0.3 is 0 Å². The Labute approximate surface area is 81.8 Å². The molecule has 0 radical (unpaired) electrons. The van der Waals surface area contributed by atoms with Crippen LogP contribution in [0.25, 0.3) is 0 Å². The van der Waals surface area contributed by atoms with Gasteiger partial charge in [0, 0.05) is 0 Å². The summed E-state index contributed by atoms with van der Waals surface area (Å²) >= 11 is 0. The Bertz CT molecular complexity index is 291. The summed E-state index contributed by atoms with van der Waals surface area (Å²) in [5.41, 5.74) is 1.01. The van der Waals surface area contributed by atoms with Crippen LogP contribution in [-0.2, 0) is 11.3 Å². The number of aliphatic hydroxyl groups is 1. The van der Waals surface area contributed by atoms with E-state index in [1.165, 1.54) is 12.1 Å². The lowest BCUT2D eigenvalue weighted by Gasteiger charge is -2.05. The second-order valence-corrected chi connectivity index (χ2v) is 2.76. The van der Waals surface area contributed by atoms with Crippen molar-refractivity contribution in [1.29, 1.82) is 0 Å². The highest BCUT2D eigenvalue weighted by molar-refractivity contribution is 5.85. The molecule has 0 amide bonds. The molecule has 0 saturated heterocycles. The van der Waals surface area contributed by atoms with Crippen molar-refractivity contribution in [1.82, 2.24) is 0 Å². The van der Waals surface area contributed by atoms with Crippen molar-refractivity contribution in [2.75, 3.05) is 13.2 Å². The van der Waals surface area contributed by atoms with E-state index in [2.05, 4.69) is 0 Å². The van der Waals surface area contributed by atoms with E-state index in [0.717, 1.165) is 5.56 Å². The highest BCUT2D eigenvalue weighted by Gasteiger charge is 1.95.